The van der Waals surface area contributed by atoms with E-state index < -0.39 is 0 Å². The van der Waals surface area contributed by atoms with Crippen molar-refractivity contribution in [3.8, 4) is 0 Å². The maximum Gasteiger partial charge on any atom is 0.321 e. The van der Waals surface area contributed by atoms with E-state index in [-0.39, 0.29) is 17.6 Å². The fourth-order valence-electron chi connectivity index (χ4n) is 3.15. The van der Waals surface area contributed by atoms with Crippen molar-refractivity contribution in [1.82, 2.24) is 19.9 Å². The number of pyridine rings is 1. The fraction of sp³-hybridized carbons (Fsp3) is 0.190. The second-order valence-corrected chi connectivity index (χ2v) is 7.29. The van der Waals surface area contributed by atoms with Crippen LogP contribution in [0.15, 0.2) is 61.1 Å². The van der Waals surface area contributed by atoms with Gasteiger partial charge in [-0.25, -0.2) is 19.7 Å². The van der Waals surface area contributed by atoms with Crippen molar-refractivity contribution >= 4 is 40.9 Å². The van der Waals surface area contributed by atoms with Crippen molar-refractivity contribution in [3.63, 3.8) is 0 Å². The first-order valence-corrected chi connectivity index (χ1v) is 10.1. The number of carbonyl (C=O) groups is 2. The summed E-state index contributed by atoms with van der Waals surface area (Å²) in [6.45, 7) is 2.43. The Hall–Kier alpha value is -3.72. The molecule has 0 spiro atoms. The first-order chi connectivity index (χ1) is 15.1. The van der Waals surface area contributed by atoms with Crippen LogP contribution in [0.2, 0.25) is 5.02 Å². The lowest BCUT2D eigenvalue weighted by Crippen LogP contribution is -2.50. The molecule has 4 rings (SSSR count). The number of carbonyl (C=O) groups excluding carboxylic acids is 2. The quantitative estimate of drug-likeness (QED) is 0.650. The molecule has 2 aromatic heterocycles. The number of amides is 3. The number of aromatic nitrogens is 3. The van der Waals surface area contributed by atoms with E-state index in [1.54, 1.807) is 59.8 Å². The van der Waals surface area contributed by atoms with E-state index >= 15 is 0 Å². The van der Waals surface area contributed by atoms with Crippen molar-refractivity contribution < 1.29 is 9.59 Å². The zero-order valence-corrected chi connectivity index (χ0v) is 17.3. The molecule has 1 fully saturated rings. The van der Waals surface area contributed by atoms with Gasteiger partial charge in [0.1, 0.15) is 5.69 Å². The Balaban J connectivity index is 1.33. The predicted octanol–water partition coefficient (Wildman–Crippen LogP) is 3.13. The lowest BCUT2D eigenvalue weighted by atomic mass is 10.2. The average Bonchev–Trinajstić information content (AvgIpc) is 2.80. The molecule has 1 aromatic carbocycles. The third kappa shape index (κ3) is 5.26. The predicted molar refractivity (Wildman–Crippen MR) is 118 cm³/mol. The van der Waals surface area contributed by atoms with Crippen LogP contribution in [-0.4, -0.2) is 58.0 Å². The largest absolute Gasteiger partial charge is 0.337 e. The van der Waals surface area contributed by atoms with Crippen LogP contribution >= 0.6 is 11.6 Å². The van der Waals surface area contributed by atoms with Crippen LogP contribution < -0.4 is 15.5 Å². The summed E-state index contributed by atoms with van der Waals surface area (Å²) >= 11 is 5.80. The maximum atomic E-state index is 12.7. The van der Waals surface area contributed by atoms with Gasteiger partial charge in [-0.3, -0.25) is 4.79 Å². The van der Waals surface area contributed by atoms with Crippen molar-refractivity contribution in [1.29, 1.82) is 0 Å². The second-order valence-electron chi connectivity index (χ2n) is 6.85. The van der Waals surface area contributed by atoms with Crippen molar-refractivity contribution in [2.24, 2.45) is 0 Å². The van der Waals surface area contributed by atoms with E-state index in [0.717, 1.165) is 0 Å². The van der Waals surface area contributed by atoms with Crippen molar-refractivity contribution in [3.05, 3.63) is 71.8 Å². The highest BCUT2D eigenvalue weighted by Gasteiger charge is 2.22. The average molecular weight is 438 g/mol. The van der Waals surface area contributed by atoms with Gasteiger partial charge in [0.25, 0.3) is 5.91 Å². The normalized spacial score (nSPS) is 13.6. The van der Waals surface area contributed by atoms with E-state index in [9.17, 15) is 9.59 Å². The first kappa shape index (κ1) is 20.5. The molecule has 0 saturated carbocycles. The van der Waals surface area contributed by atoms with E-state index in [1.807, 2.05) is 4.90 Å². The number of nitrogens with zero attached hydrogens (tertiary/aromatic N) is 5. The number of hydrogen-bond acceptors (Lipinski definition) is 6. The number of piperazine rings is 1. The monoisotopic (exact) mass is 437 g/mol. The molecule has 158 valence electrons. The van der Waals surface area contributed by atoms with Crippen LogP contribution in [0.1, 0.15) is 10.5 Å². The van der Waals surface area contributed by atoms with Crippen LogP contribution in [0.5, 0.6) is 0 Å². The summed E-state index contributed by atoms with van der Waals surface area (Å²) < 4.78 is 0. The number of urea groups is 1. The molecule has 1 aliphatic rings. The molecular weight excluding hydrogens is 418 g/mol. The summed E-state index contributed by atoms with van der Waals surface area (Å²) in [6.07, 6.45) is 4.82. The lowest BCUT2D eigenvalue weighted by molar-refractivity contribution is 0.102. The SMILES string of the molecule is O=C(Nc1cccc(NC(=O)N2CCN(c3ncccn3)CC2)c1)c1ccc(Cl)cn1. The number of nitrogens with one attached hydrogen (secondary N) is 2. The lowest BCUT2D eigenvalue weighted by Gasteiger charge is -2.34. The van der Waals surface area contributed by atoms with Crippen LogP contribution in [-0.2, 0) is 0 Å². The van der Waals surface area contributed by atoms with Gasteiger partial charge in [0.15, 0.2) is 0 Å². The molecule has 1 aliphatic heterocycles. The molecule has 0 radical (unpaired) electrons. The standard InChI is InChI=1S/C21H20ClN7O2/c22-15-5-6-18(25-14-15)19(30)26-16-3-1-4-17(13-16)27-21(31)29-11-9-28(10-12-29)20-23-7-2-8-24-20/h1-8,13-14H,9-12H2,(H,26,30)(H,27,31). The highest BCUT2D eigenvalue weighted by atomic mass is 35.5. The Kier molecular flexibility index (Phi) is 6.23. The van der Waals surface area contributed by atoms with Gasteiger partial charge in [0.05, 0.1) is 5.02 Å². The van der Waals surface area contributed by atoms with Crippen LogP contribution in [0.25, 0.3) is 0 Å². The van der Waals surface area contributed by atoms with Crippen LogP contribution in [0.3, 0.4) is 0 Å². The first-order valence-electron chi connectivity index (χ1n) is 9.69. The molecule has 9 nitrogen and oxygen atoms in total. The Morgan fingerprint density at radius 3 is 2.26 bits per heavy atom. The molecule has 3 amide bonds. The number of rotatable bonds is 4. The van der Waals surface area contributed by atoms with Gasteiger partial charge < -0.3 is 20.4 Å². The summed E-state index contributed by atoms with van der Waals surface area (Å²) in [7, 11) is 0. The molecule has 0 bridgehead atoms. The third-order valence-corrected chi connectivity index (χ3v) is 4.96. The molecule has 0 aliphatic carbocycles. The highest BCUT2D eigenvalue weighted by Crippen LogP contribution is 2.18. The fourth-order valence-corrected chi connectivity index (χ4v) is 3.26. The molecule has 3 aromatic rings. The highest BCUT2D eigenvalue weighted by molar-refractivity contribution is 6.30. The Morgan fingerprint density at radius 1 is 0.871 bits per heavy atom. The van der Waals surface area contributed by atoms with Gasteiger partial charge in [-0.1, -0.05) is 17.7 Å². The van der Waals surface area contributed by atoms with Gasteiger partial charge in [-0.05, 0) is 36.4 Å². The molecule has 31 heavy (non-hydrogen) atoms. The molecule has 10 heteroatoms. The number of benzene rings is 1. The summed E-state index contributed by atoms with van der Waals surface area (Å²) in [5.74, 6) is 0.306. The number of anilines is 3. The molecule has 2 N–H and O–H groups in total. The number of halogens is 1. The third-order valence-electron chi connectivity index (χ3n) is 4.73. The van der Waals surface area contributed by atoms with Gasteiger partial charge in [-0.15, -0.1) is 0 Å². The minimum Gasteiger partial charge on any atom is -0.337 e. The van der Waals surface area contributed by atoms with Gasteiger partial charge in [0, 0.05) is 56.1 Å². The van der Waals surface area contributed by atoms with E-state index in [0.29, 0.717) is 48.5 Å². The summed E-state index contributed by atoms with van der Waals surface area (Å²) in [5, 5.41) is 6.10. The zero-order chi connectivity index (χ0) is 21.6. The Bertz CT molecular complexity index is 1050. The van der Waals surface area contributed by atoms with Gasteiger partial charge >= 0.3 is 6.03 Å². The van der Waals surface area contributed by atoms with Gasteiger partial charge in [0.2, 0.25) is 5.95 Å². The molecule has 1 saturated heterocycles. The Labute approximate surface area is 184 Å². The molecular formula is C21H20ClN7O2. The minimum atomic E-state index is -0.362. The maximum absolute atomic E-state index is 12.7. The van der Waals surface area contributed by atoms with Crippen LogP contribution in [0.4, 0.5) is 22.1 Å². The van der Waals surface area contributed by atoms with E-state index in [1.165, 1.54) is 6.20 Å². The van der Waals surface area contributed by atoms with Crippen molar-refractivity contribution in [2.45, 2.75) is 0 Å². The van der Waals surface area contributed by atoms with Gasteiger partial charge in [-0.2, -0.15) is 0 Å². The topological polar surface area (TPSA) is 103 Å². The molecule has 0 atom stereocenters. The zero-order valence-electron chi connectivity index (χ0n) is 16.5. The van der Waals surface area contributed by atoms with E-state index in [2.05, 4.69) is 25.6 Å². The van der Waals surface area contributed by atoms with Crippen molar-refractivity contribution in [2.75, 3.05) is 41.7 Å². The number of hydrogen-bond donors (Lipinski definition) is 2. The minimum absolute atomic E-state index is 0.198. The smallest absolute Gasteiger partial charge is 0.321 e. The van der Waals surface area contributed by atoms with E-state index in [4.69, 9.17) is 11.6 Å². The van der Waals surface area contributed by atoms with Crippen LogP contribution in [0, 0.1) is 0 Å². The molecule has 3 heterocycles. The summed E-state index contributed by atoms with van der Waals surface area (Å²) in [4.78, 5) is 41.3. The second kappa shape index (κ2) is 9.40. The summed E-state index contributed by atoms with van der Waals surface area (Å²) in [6, 6.07) is 11.7. The molecule has 0 unspecified atom stereocenters. The summed E-state index contributed by atoms with van der Waals surface area (Å²) in [5.41, 5.74) is 1.38. The Morgan fingerprint density at radius 2 is 1.58 bits per heavy atom.